The number of carbonyl (C=O) groups is 1. The summed E-state index contributed by atoms with van der Waals surface area (Å²) in [5, 5.41) is 27.3. The van der Waals surface area contributed by atoms with Crippen molar-refractivity contribution in [1.82, 2.24) is 4.90 Å². The first-order valence-corrected chi connectivity index (χ1v) is 23.7. The van der Waals surface area contributed by atoms with Gasteiger partial charge in [0.15, 0.2) is 11.5 Å². The Balaban J connectivity index is 1.23. The van der Waals surface area contributed by atoms with Gasteiger partial charge in [0.2, 0.25) is 12.6 Å². The second-order valence-electron chi connectivity index (χ2n) is 17.7. The summed E-state index contributed by atoms with van der Waals surface area (Å²) in [6.45, 7) is 6.81. The standard InChI is InChI=1S/C55H60N2O10/c1-3-28-64-55-51(57(54(60)61-4-2)34-38-20-24-49-50(29-38)63-36-62-49)33-47(56-65-35-37-14-6-5-7-15-37)45-31-41(18-10-12-26-58)44(19-11-13-27-59)52(53(45)55)46-32-43(23-25-48(46)67-55)66-42-22-21-39-16-8-9-17-40(39)30-42/h3,5-9,14-17,20-25,29-32,41,44,51-53,58-59H,1,4,10-13,18-19,26-28,33-36H2,2H3/t41-,44+,51-,52+,53+,55+/m0/s1. The zero-order valence-electron chi connectivity index (χ0n) is 38.1. The number of allylic oxidation sites excluding steroid dienone is 1. The van der Waals surface area contributed by atoms with E-state index < -0.39 is 23.8 Å². The molecule has 0 aromatic heterocycles. The van der Waals surface area contributed by atoms with Gasteiger partial charge in [-0.05, 0) is 114 Å². The SMILES string of the molecule is C=CCO[C@@]12Oc3ccc(Oc4ccc5ccccc5c4)cc3[C@H]3[C@H](CCCCO)[C@@H](CCCCO)C=C(C(=NOCc4ccccc4)C[C@@H]1N(Cc1ccc4c(c1)OCO4)C(=O)OCC)[C@H]32. The number of aliphatic hydroxyl groups excluding tert-OH is 2. The monoisotopic (exact) mass is 908 g/mol. The van der Waals surface area contributed by atoms with Gasteiger partial charge < -0.3 is 43.5 Å². The third-order valence-electron chi connectivity index (χ3n) is 13.5. The van der Waals surface area contributed by atoms with Crippen molar-refractivity contribution in [2.24, 2.45) is 22.9 Å². The molecule has 2 heterocycles. The number of aliphatic hydroxyl groups is 2. The smallest absolute Gasteiger partial charge is 0.410 e. The molecule has 0 radical (unpaired) electrons. The molecule has 67 heavy (non-hydrogen) atoms. The summed E-state index contributed by atoms with van der Waals surface area (Å²) in [4.78, 5) is 22.7. The molecular formula is C55H60N2O10. The topological polar surface area (TPSA) is 138 Å². The maximum Gasteiger partial charge on any atom is 0.410 e. The number of amides is 1. The minimum atomic E-state index is -1.48. The number of oxime groups is 1. The second-order valence-corrected chi connectivity index (χ2v) is 17.7. The molecule has 6 atom stereocenters. The molecule has 0 unspecified atom stereocenters. The lowest BCUT2D eigenvalue weighted by Crippen LogP contribution is -2.70. The number of benzene rings is 5. The van der Waals surface area contributed by atoms with Crippen LogP contribution in [0.2, 0.25) is 0 Å². The molecule has 1 saturated carbocycles. The third-order valence-corrected chi connectivity index (χ3v) is 13.5. The molecule has 5 aromatic carbocycles. The summed E-state index contributed by atoms with van der Waals surface area (Å²) in [6, 6.07) is 35.0. The Morgan fingerprint density at radius 1 is 0.836 bits per heavy atom. The van der Waals surface area contributed by atoms with Gasteiger partial charge in [-0.2, -0.15) is 0 Å². The largest absolute Gasteiger partial charge is 0.459 e. The zero-order chi connectivity index (χ0) is 46.2. The maximum absolute atomic E-state index is 14.7. The van der Waals surface area contributed by atoms with E-state index in [1.165, 1.54) is 0 Å². The highest BCUT2D eigenvalue weighted by Crippen LogP contribution is 2.62. The molecule has 2 aliphatic heterocycles. The second kappa shape index (κ2) is 21.1. The molecule has 0 saturated heterocycles. The first kappa shape index (κ1) is 45.8. The van der Waals surface area contributed by atoms with E-state index in [4.69, 9.17) is 38.4 Å². The van der Waals surface area contributed by atoms with Gasteiger partial charge in [-0.25, -0.2) is 4.79 Å². The number of unbranched alkanes of at least 4 members (excludes halogenated alkanes) is 2. The molecule has 4 aliphatic rings. The number of fused-ring (bicyclic) bond motifs is 4. The van der Waals surface area contributed by atoms with Gasteiger partial charge in [-0.15, -0.1) is 6.58 Å². The molecule has 12 nitrogen and oxygen atoms in total. The van der Waals surface area contributed by atoms with Gasteiger partial charge in [-0.1, -0.05) is 96.9 Å². The number of rotatable bonds is 20. The van der Waals surface area contributed by atoms with E-state index in [1.54, 1.807) is 17.9 Å². The molecule has 5 aromatic rings. The highest BCUT2D eigenvalue weighted by Gasteiger charge is 2.65. The highest BCUT2D eigenvalue weighted by molar-refractivity contribution is 6.03. The Labute approximate surface area is 392 Å². The van der Waals surface area contributed by atoms with Crippen LogP contribution in [0.5, 0.6) is 28.7 Å². The minimum absolute atomic E-state index is 0.0272. The van der Waals surface area contributed by atoms with E-state index in [0.29, 0.717) is 47.3 Å². The highest BCUT2D eigenvalue weighted by atomic mass is 16.7. The molecule has 1 fully saturated rings. The summed E-state index contributed by atoms with van der Waals surface area (Å²) in [7, 11) is 0. The molecule has 2 N–H and O–H groups in total. The summed E-state index contributed by atoms with van der Waals surface area (Å²) in [6.07, 6.45) is 8.26. The van der Waals surface area contributed by atoms with E-state index in [-0.39, 0.29) is 70.5 Å². The van der Waals surface area contributed by atoms with E-state index in [0.717, 1.165) is 58.7 Å². The van der Waals surface area contributed by atoms with Crippen molar-refractivity contribution in [1.29, 1.82) is 0 Å². The summed E-state index contributed by atoms with van der Waals surface area (Å²) >= 11 is 0. The maximum atomic E-state index is 14.7. The summed E-state index contributed by atoms with van der Waals surface area (Å²) < 4.78 is 38.6. The molecule has 1 amide bonds. The lowest BCUT2D eigenvalue weighted by molar-refractivity contribution is -0.256. The van der Waals surface area contributed by atoms with Crippen LogP contribution in [0.15, 0.2) is 139 Å². The van der Waals surface area contributed by atoms with Gasteiger partial charge in [-0.3, -0.25) is 4.90 Å². The minimum Gasteiger partial charge on any atom is -0.459 e. The number of ether oxygens (including phenoxy) is 6. The Morgan fingerprint density at radius 3 is 2.39 bits per heavy atom. The average molecular weight is 909 g/mol. The first-order valence-electron chi connectivity index (χ1n) is 23.7. The van der Waals surface area contributed by atoms with Crippen LogP contribution in [0.25, 0.3) is 10.8 Å². The number of carbonyl (C=O) groups excluding carboxylic acids is 1. The average Bonchev–Trinajstić information content (AvgIpc) is 3.83. The van der Waals surface area contributed by atoms with E-state index >= 15 is 0 Å². The van der Waals surface area contributed by atoms with Crippen LogP contribution in [0.3, 0.4) is 0 Å². The molecule has 350 valence electrons. The Morgan fingerprint density at radius 2 is 1.58 bits per heavy atom. The third kappa shape index (κ3) is 9.75. The van der Waals surface area contributed by atoms with Crippen molar-refractivity contribution in [3.8, 4) is 28.7 Å². The molecule has 12 heteroatoms. The first-order chi connectivity index (χ1) is 32.9. The van der Waals surface area contributed by atoms with Crippen LogP contribution >= 0.6 is 0 Å². The van der Waals surface area contributed by atoms with Gasteiger partial charge in [0.25, 0.3) is 0 Å². The van der Waals surface area contributed by atoms with Crippen LogP contribution in [0.4, 0.5) is 4.79 Å². The molecule has 0 bridgehead atoms. The number of hydrogen-bond donors (Lipinski definition) is 2. The van der Waals surface area contributed by atoms with Crippen molar-refractivity contribution in [2.75, 3.05) is 33.2 Å². The molecule has 2 aliphatic carbocycles. The van der Waals surface area contributed by atoms with E-state index in [1.807, 2.05) is 84.9 Å². The van der Waals surface area contributed by atoms with Crippen LogP contribution in [-0.4, -0.2) is 72.0 Å². The fraction of sp³-hybridized carbons (Fsp3) is 0.382. The zero-order valence-corrected chi connectivity index (χ0v) is 38.1. The quantitative estimate of drug-likeness (QED) is 0.0441. The van der Waals surface area contributed by atoms with Gasteiger partial charge in [0.05, 0.1) is 24.8 Å². The van der Waals surface area contributed by atoms with Crippen LogP contribution in [0, 0.1) is 17.8 Å². The van der Waals surface area contributed by atoms with Gasteiger partial charge in [0, 0.05) is 37.7 Å². The Bertz CT molecular complexity index is 2580. The van der Waals surface area contributed by atoms with Crippen molar-refractivity contribution < 1.29 is 48.3 Å². The van der Waals surface area contributed by atoms with Crippen LogP contribution < -0.4 is 18.9 Å². The molecular weight excluding hydrogens is 849 g/mol. The molecule has 9 rings (SSSR count). The fourth-order valence-corrected chi connectivity index (χ4v) is 10.6. The summed E-state index contributed by atoms with van der Waals surface area (Å²) in [5.74, 6) is 1.06. The lowest BCUT2D eigenvalue weighted by Gasteiger charge is -2.59. The van der Waals surface area contributed by atoms with E-state index in [9.17, 15) is 15.0 Å². The fourth-order valence-electron chi connectivity index (χ4n) is 10.6. The van der Waals surface area contributed by atoms with Crippen molar-refractivity contribution >= 4 is 22.6 Å². The van der Waals surface area contributed by atoms with Gasteiger partial charge in [0.1, 0.15) is 29.9 Å². The lowest BCUT2D eigenvalue weighted by atomic mass is 9.55. The van der Waals surface area contributed by atoms with Gasteiger partial charge >= 0.3 is 6.09 Å². The van der Waals surface area contributed by atoms with E-state index in [2.05, 4.69) is 36.9 Å². The molecule has 0 spiro atoms. The number of nitrogens with zero attached hydrogens (tertiary/aromatic N) is 2. The summed E-state index contributed by atoms with van der Waals surface area (Å²) in [5.41, 5.74) is 4.34. The van der Waals surface area contributed by atoms with Crippen molar-refractivity contribution in [3.63, 3.8) is 0 Å². The van der Waals surface area contributed by atoms with Crippen molar-refractivity contribution in [2.45, 2.75) is 82.8 Å². The predicted molar refractivity (Wildman–Crippen MR) is 255 cm³/mol. The van der Waals surface area contributed by atoms with Crippen molar-refractivity contribution in [3.05, 3.63) is 150 Å². The normalized spacial score (nSPS) is 22.8. The van der Waals surface area contributed by atoms with Crippen LogP contribution in [-0.2, 0) is 27.5 Å². The predicted octanol–water partition coefficient (Wildman–Crippen LogP) is 10.9. The Kier molecular flexibility index (Phi) is 14.4. The van der Waals surface area contributed by atoms with Crippen LogP contribution in [0.1, 0.15) is 74.5 Å². The Hall–Kier alpha value is -6.34. The number of hydrogen-bond acceptors (Lipinski definition) is 11.